The molecule has 1 aromatic carbocycles. The summed E-state index contributed by atoms with van der Waals surface area (Å²) < 4.78 is 0. The fourth-order valence-corrected chi connectivity index (χ4v) is 2.79. The minimum Gasteiger partial charge on any atom is -0.391 e. The third-order valence-electron chi connectivity index (χ3n) is 3.77. The molecule has 22 heavy (non-hydrogen) atoms. The van der Waals surface area contributed by atoms with Gasteiger partial charge in [-0.15, -0.1) is 0 Å². The molecule has 6 heteroatoms. The fourth-order valence-electron chi connectivity index (χ4n) is 2.58. The quantitative estimate of drug-likeness (QED) is 0.845. The predicted molar refractivity (Wildman–Crippen MR) is 87.2 cm³/mol. The summed E-state index contributed by atoms with van der Waals surface area (Å²) in [5.41, 5.74) is 1.05. The van der Waals surface area contributed by atoms with Crippen molar-refractivity contribution in [2.75, 3.05) is 24.5 Å². The molecule has 1 aromatic heterocycles. The van der Waals surface area contributed by atoms with Gasteiger partial charge in [-0.3, -0.25) is 0 Å². The molecule has 0 spiro atoms. The molecule has 0 saturated carbocycles. The summed E-state index contributed by atoms with van der Waals surface area (Å²) >= 11 is 5.95. The van der Waals surface area contributed by atoms with Crippen LogP contribution in [0.3, 0.4) is 0 Å². The normalized spacial score (nSPS) is 16.4. The van der Waals surface area contributed by atoms with Gasteiger partial charge in [0, 0.05) is 36.9 Å². The van der Waals surface area contributed by atoms with E-state index in [2.05, 4.69) is 20.2 Å². The smallest absolute Gasteiger partial charge is 0.132 e. The van der Waals surface area contributed by atoms with E-state index in [0.29, 0.717) is 24.0 Å². The van der Waals surface area contributed by atoms with Crippen LogP contribution in [0.5, 0.6) is 0 Å². The Labute approximate surface area is 135 Å². The van der Waals surface area contributed by atoms with Crippen molar-refractivity contribution < 1.29 is 5.11 Å². The summed E-state index contributed by atoms with van der Waals surface area (Å²) in [5, 5.41) is 14.2. The molecule has 1 fully saturated rings. The molecular weight excluding hydrogens is 300 g/mol. The fraction of sp³-hybridized carbons (Fsp3) is 0.375. The molecule has 0 amide bonds. The summed E-state index contributed by atoms with van der Waals surface area (Å²) in [5.74, 6) is 0.951. The van der Waals surface area contributed by atoms with Crippen molar-refractivity contribution in [3.63, 3.8) is 0 Å². The number of aliphatic hydroxyl groups is 1. The van der Waals surface area contributed by atoms with Crippen molar-refractivity contribution in [1.29, 1.82) is 0 Å². The molecule has 116 valence electrons. The van der Waals surface area contributed by atoms with Crippen LogP contribution in [0.2, 0.25) is 5.02 Å². The Morgan fingerprint density at radius 1 is 1.36 bits per heavy atom. The van der Waals surface area contributed by atoms with E-state index >= 15 is 0 Å². The first-order chi connectivity index (χ1) is 10.7. The first-order valence-electron chi connectivity index (χ1n) is 7.37. The van der Waals surface area contributed by atoms with Crippen molar-refractivity contribution in [3.8, 4) is 0 Å². The van der Waals surface area contributed by atoms with Crippen LogP contribution in [0.4, 0.5) is 5.82 Å². The number of benzene rings is 1. The molecule has 0 aliphatic carbocycles. The maximum Gasteiger partial charge on any atom is 0.132 e. The summed E-state index contributed by atoms with van der Waals surface area (Å²) in [7, 11) is 0. The number of aromatic nitrogens is 2. The van der Waals surface area contributed by atoms with Crippen LogP contribution in [0.15, 0.2) is 42.9 Å². The molecule has 2 N–H and O–H groups in total. The number of hydrogen-bond acceptors (Lipinski definition) is 5. The van der Waals surface area contributed by atoms with E-state index in [0.717, 1.165) is 24.5 Å². The van der Waals surface area contributed by atoms with Crippen molar-refractivity contribution in [3.05, 3.63) is 53.4 Å². The van der Waals surface area contributed by atoms with Gasteiger partial charge >= 0.3 is 0 Å². The van der Waals surface area contributed by atoms with Crippen molar-refractivity contribution in [2.24, 2.45) is 0 Å². The highest BCUT2D eigenvalue weighted by Crippen LogP contribution is 2.17. The van der Waals surface area contributed by atoms with Crippen molar-refractivity contribution >= 4 is 17.4 Å². The lowest BCUT2D eigenvalue weighted by Crippen LogP contribution is -2.59. The molecule has 2 aromatic rings. The van der Waals surface area contributed by atoms with Gasteiger partial charge in [0.05, 0.1) is 6.10 Å². The average Bonchev–Trinajstić information content (AvgIpc) is 2.46. The zero-order valence-corrected chi connectivity index (χ0v) is 12.9. The van der Waals surface area contributed by atoms with Crippen LogP contribution < -0.4 is 10.2 Å². The second-order valence-electron chi connectivity index (χ2n) is 5.57. The SMILES string of the molecule is OC(CNC1CN(c2ccncn2)C1)Cc1cccc(Cl)c1. The van der Waals surface area contributed by atoms with E-state index in [4.69, 9.17) is 11.6 Å². The van der Waals surface area contributed by atoms with Crippen LogP contribution in [0, 0.1) is 0 Å². The van der Waals surface area contributed by atoms with Gasteiger partial charge in [-0.05, 0) is 30.2 Å². The van der Waals surface area contributed by atoms with Gasteiger partial charge in [0.1, 0.15) is 12.1 Å². The lowest BCUT2D eigenvalue weighted by atomic mass is 10.1. The Morgan fingerprint density at radius 2 is 2.23 bits per heavy atom. The van der Waals surface area contributed by atoms with Gasteiger partial charge in [0.25, 0.3) is 0 Å². The maximum absolute atomic E-state index is 10.1. The number of halogens is 1. The van der Waals surface area contributed by atoms with Gasteiger partial charge in [0.2, 0.25) is 0 Å². The number of rotatable bonds is 6. The standard InChI is InChI=1S/C16H19ClN4O/c17-13-3-1-2-12(6-13)7-15(22)8-19-14-9-21(10-14)16-4-5-18-11-20-16/h1-6,11,14-15,19,22H,7-10H2. The van der Waals surface area contributed by atoms with E-state index in [9.17, 15) is 5.11 Å². The molecule has 1 aliphatic rings. The lowest BCUT2D eigenvalue weighted by molar-refractivity contribution is 0.164. The number of nitrogens with one attached hydrogen (secondary N) is 1. The number of anilines is 1. The predicted octanol–water partition coefficient (Wildman–Crippen LogP) is 1.51. The van der Waals surface area contributed by atoms with Crippen LogP contribution in [0.25, 0.3) is 0 Å². The molecule has 3 rings (SSSR count). The first-order valence-corrected chi connectivity index (χ1v) is 7.75. The third-order valence-corrected chi connectivity index (χ3v) is 4.01. The molecule has 0 radical (unpaired) electrons. The molecule has 1 saturated heterocycles. The lowest BCUT2D eigenvalue weighted by Gasteiger charge is -2.40. The minimum absolute atomic E-state index is 0.393. The third kappa shape index (κ3) is 3.94. The van der Waals surface area contributed by atoms with E-state index in [1.807, 2.05) is 30.3 Å². The van der Waals surface area contributed by atoms with Gasteiger partial charge in [-0.1, -0.05) is 23.7 Å². The highest BCUT2D eigenvalue weighted by atomic mass is 35.5. The van der Waals surface area contributed by atoms with E-state index < -0.39 is 6.10 Å². The van der Waals surface area contributed by atoms with Gasteiger partial charge in [-0.25, -0.2) is 9.97 Å². The van der Waals surface area contributed by atoms with Crippen LogP contribution in [-0.2, 0) is 6.42 Å². The van der Waals surface area contributed by atoms with Crippen molar-refractivity contribution in [1.82, 2.24) is 15.3 Å². The summed E-state index contributed by atoms with van der Waals surface area (Å²) in [6.45, 7) is 2.39. The van der Waals surface area contributed by atoms with Crippen LogP contribution >= 0.6 is 11.6 Å². The summed E-state index contributed by atoms with van der Waals surface area (Å²) in [4.78, 5) is 10.3. The molecule has 2 heterocycles. The monoisotopic (exact) mass is 318 g/mol. The topological polar surface area (TPSA) is 61.3 Å². The second kappa shape index (κ2) is 7.05. The van der Waals surface area contributed by atoms with E-state index in [-0.39, 0.29) is 0 Å². The molecular formula is C16H19ClN4O. The second-order valence-corrected chi connectivity index (χ2v) is 6.00. The molecule has 0 bridgehead atoms. The largest absolute Gasteiger partial charge is 0.391 e. The minimum atomic E-state index is -0.411. The highest BCUT2D eigenvalue weighted by molar-refractivity contribution is 6.30. The average molecular weight is 319 g/mol. The molecule has 1 atom stereocenters. The number of hydrogen-bond donors (Lipinski definition) is 2. The highest BCUT2D eigenvalue weighted by Gasteiger charge is 2.27. The Kier molecular flexibility index (Phi) is 4.87. The van der Waals surface area contributed by atoms with Gasteiger partial charge in [-0.2, -0.15) is 0 Å². The van der Waals surface area contributed by atoms with E-state index in [1.165, 1.54) is 0 Å². The Hall–Kier alpha value is -1.69. The summed E-state index contributed by atoms with van der Waals surface area (Å²) in [6, 6.07) is 9.92. The van der Waals surface area contributed by atoms with Crippen LogP contribution in [-0.4, -0.2) is 46.9 Å². The van der Waals surface area contributed by atoms with E-state index in [1.54, 1.807) is 12.5 Å². The Bertz CT molecular complexity index is 604. The molecule has 5 nitrogen and oxygen atoms in total. The van der Waals surface area contributed by atoms with Crippen LogP contribution in [0.1, 0.15) is 5.56 Å². The Morgan fingerprint density at radius 3 is 2.95 bits per heavy atom. The maximum atomic E-state index is 10.1. The van der Waals surface area contributed by atoms with Crippen molar-refractivity contribution in [2.45, 2.75) is 18.6 Å². The zero-order valence-electron chi connectivity index (χ0n) is 12.2. The zero-order chi connectivity index (χ0) is 15.4. The molecule has 1 aliphatic heterocycles. The number of aliphatic hydroxyl groups excluding tert-OH is 1. The van der Waals surface area contributed by atoms with Gasteiger partial charge < -0.3 is 15.3 Å². The Balaban J connectivity index is 1.39. The number of nitrogens with zero attached hydrogens (tertiary/aromatic N) is 3. The summed E-state index contributed by atoms with van der Waals surface area (Å²) in [6.07, 6.45) is 3.50. The first kappa shape index (κ1) is 15.2. The van der Waals surface area contributed by atoms with Gasteiger partial charge in [0.15, 0.2) is 0 Å². The molecule has 1 unspecified atom stereocenters.